The Kier molecular flexibility index (Phi) is 5.16. The van der Waals surface area contributed by atoms with Gasteiger partial charge in [0.2, 0.25) is 5.60 Å². The molecule has 0 amide bonds. The quantitative estimate of drug-likeness (QED) is 0.573. The van der Waals surface area contributed by atoms with E-state index in [4.69, 9.17) is 14.2 Å². The Morgan fingerprint density at radius 1 is 1.00 bits per heavy atom. The van der Waals surface area contributed by atoms with Crippen molar-refractivity contribution in [2.24, 2.45) is 0 Å². The predicted octanol–water partition coefficient (Wildman–Crippen LogP) is 3.61. The summed E-state index contributed by atoms with van der Waals surface area (Å²) in [6, 6.07) is 19.1. The number of esters is 2. The Balaban J connectivity index is 1.31. The molecule has 1 heterocycles. The molecule has 6 heteroatoms. The molecule has 148 valence electrons. The van der Waals surface area contributed by atoms with Crippen molar-refractivity contribution in [1.29, 1.82) is 0 Å². The summed E-state index contributed by atoms with van der Waals surface area (Å²) < 4.78 is 15.8. The van der Waals surface area contributed by atoms with Crippen molar-refractivity contribution < 1.29 is 23.8 Å². The Morgan fingerprint density at radius 3 is 2.48 bits per heavy atom. The summed E-state index contributed by atoms with van der Waals surface area (Å²) >= 11 is 0. The third-order valence-corrected chi connectivity index (χ3v) is 4.89. The van der Waals surface area contributed by atoms with Gasteiger partial charge in [0, 0.05) is 18.2 Å². The Hall–Kier alpha value is -3.41. The Bertz CT molecular complexity index is 1040. The number of hydrogen-bond donors (Lipinski definition) is 0. The number of fused-ring (bicyclic) bond motifs is 1. The highest BCUT2D eigenvalue weighted by Crippen LogP contribution is 2.41. The van der Waals surface area contributed by atoms with Crippen LogP contribution in [0.3, 0.4) is 0 Å². The lowest BCUT2D eigenvalue weighted by atomic mass is 10.1. The number of aromatic nitrogens is 1. The first-order valence-corrected chi connectivity index (χ1v) is 9.45. The summed E-state index contributed by atoms with van der Waals surface area (Å²) in [7, 11) is 1.29. The number of rotatable bonds is 7. The van der Waals surface area contributed by atoms with Crippen LogP contribution in [0.25, 0.3) is 10.9 Å². The highest BCUT2D eigenvalue weighted by molar-refractivity contribution is 5.86. The number of nitrogens with zero attached hydrogens (tertiary/aromatic N) is 1. The van der Waals surface area contributed by atoms with Gasteiger partial charge in [-0.3, -0.25) is 4.79 Å². The van der Waals surface area contributed by atoms with Crippen LogP contribution < -0.4 is 4.74 Å². The molecule has 1 aliphatic rings. The summed E-state index contributed by atoms with van der Waals surface area (Å²) in [6.45, 7) is 0.355. The minimum absolute atomic E-state index is 0.0885. The second-order valence-electron chi connectivity index (χ2n) is 7.06. The van der Waals surface area contributed by atoms with Gasteiger partial charge in [-0.25, -0.2) is 9.78 Å². The maximum atomic E-state index is 12.1. The molecule has 2 aromatic carbocycles. The van der Waals surface area contributed by atoms with Crippen LogP contribution in [-0.4, -0.2) is 29.6 Å². The zero-order chi connectivity index (χ0) is 20.3. The van der Waals surface area contributed by atoms with Crippen molar-refractivity contribution in [3.63, 3.8) is 0 Å². The van der Waals surface area contributed by atoms with Gasteiger partial charge in [-0.05, 0) is 29.8 Å². The van der Waals surface area contributed by atoms with Crippen LogP contribution in [-0.2, 0) is 32.1 Å². The molecule has 0 bridgehead atoms. The molecular weight excluding hydrogens is 370 g/mol. The number of methoxy groups -OCH3 is 1. The molecule has 0 radical (unpaired) electrons. The number of hydrogen-bond acceptors (Lipinski definition) is 6. The number of carbonyl (C=O) groups excluding carboxylic acids is 2. The van der Waals surface area contributed by atoms with Crippen molar-refractivity contribution in [3.8, 4) is 5.75 Å². The van der Waals surface area contributed by atoms with E-state index in [9.17, 15) is 9.59 Å². The van der Waals surface area contributed by atoms with Crippen molar-refractivity contribution in [3.05, 3.63) is 71.9 Å². The second kappa shape index (κ2) is 7.91. The molecule has 0 spiro atoms. The third kappa shape index (κ3) is 4.37. The monoisotopic (exact) mass is 391 g/mol. The molecule has 1 fully saturated rings. The largest absolute Gasteiger partial charge is 0.487 e. The number of benzene rings is 2. The number of para-hydroxylation sites is 1. The van der Waals surface area contributed by atoms with Crippen molar-refractivity contribution in [2.45, 2.75) is 31.5 Å². The number of carbonyl (C=O) groups is 2. The summed E-state index contributed by atoms with van der Waals surface area (Å²) in [5, 5.41) is 1.09. The minimum Gasteiger partial charge on any atom is -0.487 e. The second-order valence-corrected chi connectivity index (χ2v) is 7.06. The predicted molar refractivity (Wildman–Crippen MR) is 106 cm³/mol. The molecule has 1 saturated carbocycles. The summed E-state index contributed by atoms with van der Waals surface area (Å²) in [4.78, 5) is 28.4. The Labute approximate surface area is 168 Å². The van der Waals surface area contributed by atoms with Crippen molar-refractivity contribution in [2.75, 3.05) is 7.11 Å². The molecule has 1 aromatic heterocycles. The molecule has 0 N–H and O–H groups in total. The van der Waals surface area contributed by atoms with Gasteiger partial charge in [-0.2, -0.15) is 0 Å². The molecule has 0 unspecified atom stereocenters. The first-order valence-electron chi connectivity index (χ1n) is 9.45. The van der Waals surface area contributed by atoms with E-state index >= 15 is 0 Å². The molecular formula is C23H21NO5. The average molecular weight is 391 g/mol. The molecule has 0 aliphatic heterocycles. The van der Waals surface area contributed by atoms with Gasteiger partial charge in [0.05, 0.1) is 24.7 Å². The van der Waals surface area contributed by atoms with E-state index in [2.05, 4.69) is 4.98 Å². The van der Waals surface area contributed by atoms with Crippen LogP contribution in [0.1, 0.15) is 24.1 Å². The lowest BCUT2D eigenvalue weighted by molar-refractivity contribution is -0.168. The maximum absolute atomic E-state index is 12.1. The summed E-state index contributed by atoms with van der Waals surface area (Å²) in [5.74, 6) is -0.246. The fraction of sp³-hybridized carbons (Fsp3) is 0.261. The van der Waals surface area contributed by atoms with Gasteiger partial charge in [0.25, 0.3) is 0 Å². The molecule has 1 aliphatic carbocycles. The molecule has 29 heavy (non-hydrogen) atoms. The zero-order valence-corrected chi connectivity index (χ0v) is 16.1. The van der Waals surface area contributed by atoms with E-state index in [1.54, 1.807) is 12.1 Å². The lowest BCUT2D eigenvalue weighted by Crippen LogP contribution is -2.31. The fourth-order valence-corrected chi connectivity index (χ4v) is 3.12. The van der Waals surface area contributed by atoms with E-state index in [1.165, 1.54) is 7.11 Å². The smallest absolute Gasteiger partial charge is 0.350 e. The summed E-state index contributed by atoms with van der Waals surface area (Å²) in [5.41, 5.74) is 1.49. The topological polar surface area (TPSA) is 74.7 Å². The molecule has 0 saturated heterocycles. The molecule has 0 atom stereocenters. The van der Waals surface area contributed by atoms with E-state index in [1.807, 2.05) is 48.5 Å². The minimum atomic E-state index is -1.07. The zero-order valence-electron chi connectivity index (χ0n) is 16.1. The Morgan fingerprint density at radius 2 is 1.76 bits per heavy atom. The van der Waals surface area contributed by atoms with Crippen LogP contribution in [0.2, 0.25) is 0 Å². The van der Waals surface area contributed by atoms with Gasteiger partial charge < -0.3 is 14.2 Å². The highest BCUT2D eigenvalue weighted by atomic mass is 16.6. The SMILES string of the molecule is COC(=O)C1(OC(=O)Cc2ccc(OCc3ccc4ccccc4n3)cc2)CC1. The van der Waals surface area contributed by atoms with Crippen LogP contribution in [0.15, 0.2) is 60.7 Å². The third-order valence-electron chi connectivity index (χ3n) is 4.89. The van der Waals surface area contributed by atoms with Crippen LogP contribution in [0.4, 0.5) is 0 Å². The standard InChI is InChI=1S/C23H21NO5/c1-27-22(26)23(12-13-23)29-21(25)14-16-6-10-19(11-7-16)28-15-18-9-8-17-4-2-3-5-20(17)24-18/h2-11H,12-15H2,1H3. The highest BCUT2D eigenvalue weighted by Gasteiger charge is 2.55. The van der Waals surface area contributed by atoms with Crippen LogP contribution >= 0.6 is 0 Å². The lowest BCUT2D eigenvalue weighted by Gasteiger charge is -2.14. The van der Waals surface area contributed by atoms with E-state index in [-0.39, 0.29) is 6.42 Å². The van der Waals surface area contributed by atoms with Crippen LogP contribution in [0.5, 0.6) is 5.75 Å². The maximum Gasteiger partial charge on any atom is 0.350 e. The van der Waals surface area contributed by atoms with Gasteiger partial charge in [-0.1, -0.05) is 36.4 Å². The van der Waals surface area contributed by atoms with Crippen molar-refractivity contribution in [1.82, 2.24) is 4.98 Å². The van der Waals surface area contributed by atoms with E-state index in [0.717, 1.165) is 22.2 Å². The molecule has 4 rings (SSSR count). The molecule has 3 aromatic rings. The fourth-order valence-electron chi connectivity index (χ4n) is 3.12. The first kappa shape index (κ1) is 18.9. The number of ether oxygens (including phenoxy) is 3. The molecule has 6 nitrogen and oxygen atoms in total. The van der Waals surface area contributed by atoms with Gasteiger partial charge in [-0.15, -0.1) is 0 Å². The van der Waals surface area contributed by atoms with Gasteiger partial charge >= 0.3 is 11.9 Å². The number of pyridine rings is 1. The summed E-state index contributed by atoms with van der Waals surface area (Å²) in [6.07, 6.45) is 1.12. The van der Waals surface area contributed by atoms with E-state index < -0.39 is 17.5 Å². The van der Waals surface area contributed by atoms with Crippen LogP contribution in [0, 0.1) is 0 Å². The van der Waals surface area contributed by atoms with Gasteiger partial charge in [0.1, 0.15) is 12.4 Å². The van der Waals surface area contributed by atoms with E-state index in [0.29, 0.717) is 25.2 Å². The average Bonchev–Trinajstić information content (AvgIpc) is 3.53. The first-order chi connectivity index (χ1) is 14.1. The van der Waals surface area contributed by atoms with Crippen molar-refractivity contribution >= 4 is 22.8 Å². The normalized spacial score (nSPS) is 14.2. The van der Waals surface area contributed by atoms with Gasteiger partial charge in [0.15, 0.2) is 0 Å².